The molecule has 0 aromatic heterocycles. The van der Waals surface area contributed by atoms with E-state index in [-0.39, 0.29) is 35.8 Å². The fourth-order valence-electron chi connectivity index (χ4n) is 4.24. The van der Waals surface area contributed by atoms with E-state index in [1.54, 1.807) is 0 Å². The van der Waals surface area contributed by atoms with Crippen molar-refractivity contribution < 1.29 is 24.6 Å². The third-order valence-electron chi connectivity index (χ3n) is 5.92. The molecule has 0 aromatic rings. The molecular weight excluding hydrogens is 396 g/mol. The summed E-state index contributed by atoms with van der Waals surface area (Å²) in [5, 5.41) is 31.0. The maximum absolute atomic E-state index is 12.0. The number of aliphatic hydroxyl groups excluding tert-OH is 2. The van der Waals surface area contributed by atoms with Crippen molar-refractivity contribution in [3.8, 4) is 0 Å². The van der Waals surface area contributed by atoms with E-state index in [2.05, 4.69) is 21.3 Å². The van der Waals surface area contributed by atoms with Gasteiger partial charge in [-0.1, -0.05) is 6.42 Å². The van der Waals surface area contributed by atoms with Crippen molar-refractivity contribution in [3.05, 3.63) is 0 Å². The molecule has 29 heavy (non-hydrogen) atoms. The van der Waals surface area contributed by atoms with Crippen molar-refractivity contribution in [1.82, 2.24) is 21.3 Å². The molecule has 4 amide bonds. The molecule has 6 N–H and O–H groups in total. The number of nitrogens with one attached hydrogen (secondary N) is 4. The van der Waals surface area contributed by atoms with E-state index in [1.165, 1.54) is 0 Å². The van der Waals surface area contributed by atoms with Crippen LogP contribution in [0.2, 0.25) is 0 Å². The Balaban J connectivity index is 1.17. The van der Waals surface area contributed by atoms with Gasteiger partial charge in [0.15, 0.2) is 0 Å². The van der Waals surface area contributed by atoms with Crippen molar-refractivity contribution >= 4 is 29.6 Å². The van der Waals surface area contributed by atoms with Crippen LogP contribution in [0.4, 0.5) is 4.79 Å². The Hall–Kier alpha value is -1.52. The molecule has 2 saturated heterocycles. The number of unbranched alkanes of at least 4 members (excludes halogenated alkanes) is 1. The SMILES string of the molecule is O=C(CCCC[C@@H]1SC[C@@H]2NC(=O)N[C@@H]21)NCCCNC(=O)C1CC(O)C(O)C1. The molecule has 0 bridgehead atoms. The number of amides is 4. The summed E-state index contributed by atoms with van der Waals surface area (Å²) in [6, 6.07) is 0.386. The first kappa shape index (κ1) is 22.2. The molecule has 2 heterocycles. The second-order valence-electron chi connectivity index (χ2n) is 8.17. The lowest BCUT2D eigenvalue weighted by molar-refractivity contribution is -0.125. The molecule has 2 unspecified atom stereocenters. The van der Waals surface area contributed by atoms with E-state index in [0.717, 1.165) is 25.0 Å². The highest BCUT2D eigenvalue weighted by molar-refractivity contribution is 8.00. The maximum atomic E-state index is 12.0. The third kappa shape index (κ3) is 6.23. The first-order chi connectivity index (χ1) is 13.9. The van der Waals surface area contributed by atoms with Crippen LogP contribution in [0.15, 0.2) is 0 Å². The molecule has 1 saturated carbocycles. The zero-order valence-corrected chi connectivity index (χ0v) is 17.4. The van der Waals surface area contributed by atoms with Crippen LogP contribution >= 0.6 is 11.8 Å². The van der Waals surface area contributed by atoms with Crippen LogP contribution in [0, 0.1) is 5.92 Å². The van der Waals surface area contributed by atoms with Crippen LogP contribution in [-0.2, 0) is 9.59 Å². The van der Waals surface area contributed by atoms with E-state index >= 15 is 0 Å². The number of fused-ring (bicyclic) bond motifs is 1. The molecule has 164 valence electrons. The third-order valence-corrected chi connectivity index (χ3v) is 7.43. The van der Waals surface area contributed by atoms with E-state index in [9.17, 15) is 24.6 Å². The second kappa shape index (κ2) is 10.5. The fourth-order valence-corrected chi connectivity index (χ4v) is 5.79. The van der Waals surface area contributed by atoms with Gasteiger partial charge >= 0.3 is 6.03 Å². The van der Waals surface area contributed by atoms with Gasteiger partial charge < -0.3 is 31.5 Å². The van der Waals surface area contributed by atoms with E-state index in [4.69, 9.17) is 0 Å². The number of carbonyl (C=O) groups is 3. The maximum Gasteiger partial charge on any atom is 0.315 e. The summed E-state index contributed by atoms with van der Waals surface area (Å²) in [5.74, 6) is 0.488. The zero-order valence-electron chi connectivity index (χ0n) is 16.6. The summed E-state index contributed by atoms with van der Waals surface area (Å²) >= 11 is 1.89. The van der Waals surface area contributed by atoms with Crippen LogP contribution in [0.3, 0.4) is 0 Å². The van der Waals surface area contributed by atoms with Crippen molar-refractivity contribution in [2.45, 2.75) is 74.5 Å². The molecule has 2 aliphatic heterocycles. The predicted molar refractivity (Wildman–Crippen MR) is 109 cm³/mol. The second-order valence-corrected chi connectivity index (χ2v) is 9.44. The minimum absolute atomic E-state index is 0.0196. The number of hydrogen-bond acceptors (Lipinski definition) is 6. The highest BCUT2D eigenvalue weighted by atomic mass is 32.2. The summed E-state index contributed by atoms with van der Waals surface area (Å²) in [6.45, 7) is 0.970. The number of aliphatic hydroxyl groups is 2. The van der Waals surface area contributed by atoms with Crippen LogP contribution in [-0.4, -0.2) is 76.4 Å². The summed E-state index contributed by atoms with van der Waals surface area (Å²) in [6.07, 6.45) is 2.88. The van der Waals surface area contributed by atoms with Crippen molar-refractivity contribution in [2.24, 2.45) is 5.92 Å². The molecule has 0 aromatic carbocycles. The smallest absolute Gasteiger partial charge is 0.315 e. The topological polar surface area (TPSA) is 140 Å². The molecule has 3 aliphatic rings. The van der Waals surface area contributed by atoms with Gasteiger partial charge in [-0.25, -0.2) is 4.79 Å². The molecule has 10 heteroatoms. The van der Waals surface area contributed by atoms with Gasteiger partial charge in [-0.15, -0.1) is 0 Å². The number of carbonyl (C=O) groups excluding carboxylic acids is 3. The first-order valence-electron chi connectivity index (χ1n) is 10.5. The van der Waals surface area contributed by atoms with E-state index in [1.807, 2.05) is 11.8 Å². The van der Waals surface area contributed by atoms with Crippen molar-refractivity contribution in [3.63, 3.8) is 0 Å². The molecule has 3 fully saturated rings. The van der Waals surface area contributed by atoms with Gasteiger partial charge in [0, 0.05) is 36.4 Å². The first-order valence-corrected chi connectivity index (χ1v) is 11.6. The van der Waals surface area contributed by atoms with Crippen LogP contribution in [0.25, 0.3) is 0 Å². The Labute approximate surface area is 175 Å². The monoisotopic (exact) mass is 428 g/mol. The lowest BCUT2D eigenvalue weighted by atomic mass is 10.0. The Morgan fingerprint density at radius 3 is 2.52 bits per heavy atom. The Bertz CT molecular complexity index is 597. The summed E-state index contributed by atoms with van der Waals surface area (Å²) < 4.78 is 0. The Morgan fingerprint density at radius 2 is 1.76 bits per heavy atom. The quantitative estimate of drug-likeness (QED) is 0.204. The molecular formula is C19H32N4O5S. The largest absolute Gasteiger partial charge is 0.390 e. The molecule has 0 radical (unpaired) electrons. The summed E-state index contributed by atoms with van der Waals surface area (Å²) in [5.41, 5.74) is 0. The average molecular weight is 429 g/mol. The zero-order chi connectivity index (χ0) is 20.8. The minimum atomic E-state index is -0.813. The van der Waals surface area contributed by atoms with Crippen LogP contribution < -0.4 is 21.3 Å². The molecule has 3 rings (SSSR count). The van der Waals surface area contributed by atoms with Gasteiger partial charge in [-0.2, -0.15) is 11.8 Å². The standard InChI is InChI=1S/C19H32N4O5S/c24-13-8-11(9-14(13)25)18(27)21-7-3-6-20-16(26)5-2-1-4-15-17-12(10-29-15)22-19(28)23-17/h11-15,17,24-25H,1-10H2,(H,20,26)(H,21,27)(H2,22,23,28)/t11?,12-,13?,14?,15-,17-/m0/s1. The highest BCUT2D eigenvalue weighted by Crippen LogP contribution is 2.33. The van der Waals surface area contributed by atoms with Gasteiger partial charge in [-0.05, 0) is 32.1 Å². The van der Waals surface area contributed by atoms with Crippen LogP contribution in [0.1, 0.15) is 44.9 Å². The Kier molecular flexibility index (Phi) is 8.02. The summed E-state index contributed by atoms with van der Waals surface area (Å²) in [7, 11) is 0. The summed E-state index contributed by atoms with van der Waals surface area (Å²) in [4.78, 5) is 35.2. The van der Waals surface area contributed by atoms with Crippen molar-refractivity contribution in [2.75, 3.05) is 18.8 Å². The predicted octanol–water partition coefficient (Wildman–Crippen LogP) is -0.533. The number of urea groups is 1. The lowest BCUT2D eigenvalue weighted by Crippen LogP contribution is -2.36. The molecule has 5 atom stereocenters. The molecule has 0 spiro atoms. The molecule has 9 nitrogen and oxygen atoms in total. The normalized spacial score (nSPS) is 33.1. The number of hydrogen-bond donors (Lipinski definition) is 6. The fraction of sp³-hybridized carbons (Fsp3) is 0.842. The number of rotatable bonds is 10. The average Bonchev–Trinajstić information content (AvgIpc) is 3.33. The van der Waals surface area contributed by atoms with E-state index < -0.39 is 12.2 Å². The number of thioether (sulfide) groups is 1. The van der Waals surface area contributed by atoms with Gasteiger partial charge in [0.05, 0.1) is 24.3 Å². The van der Waals surface area contributed by atoms with Gasteiger partial charge in [0.25, 0.3) is 0 Å². The van der Waals surface area contributed by atoms with E-state index in [0.29, 0.717) is 44.0 Å². The molecule has 1 aliphatic carbocycles. The van der Waals surface area contributed by atoms with Gasteiger partial charge in [0.2, 0.25) is 11.8 Å². The Morgan fingerprint density at radius 1 is 1.03 bits per heavy atom. The highest BCUT2D eigenvalue weighted by Gasteiger charge is 2.42. The van der Waals surface area contributed by atoms with Gasteiger partial charge in [-0.3, -0.25) is 9.59 Å². The lowest BCUT2D eigenvalue weighted by Gasteiger charge is -2.16. The minimum Gasteiger partial charge on any atom is -0.390 e. The van der Waals surface area contributed by atoms with Crippen molar-refractivity contribution in [1.29, 1.82) is 0 Å². The van der Waals surface area contributed by atoms with Gasteiger partial charge in [0.1, 0.15) is 0 Å². The van der Waals surface area contributed by atoms with Crippen LogP contribution in [0.5, 0.6) is 0 Å².